The predicted octanol–water partition coefficient (Wildman–Crippen LogP) is 4.17. The number of thioether (sulfide) groups is 1. The Hall–Kier alpha value is -3.13. The van der Waals surface area contributed by atoms with Gasteiger partial charge in [0.05, 0.1) is 0 Å². The van der Waals surface area contributed by atoms with Crippen molar-refractivity contribution < 1.29 is 9.59 Å². The zero-order chi connectivity index (χ0) is 22.4. The molecular weight excluding hydrogens is 410 g/mol. The lowest BCUT2D eigenvalue weighted by Crippen LogP contribution is -2.37. The Bertz CT molecular complexity index is 1040. The number of carbonyl (C=O) groups is 2. The van der Waals surface area contributed by atoms with Crippen LogP contribution < -0.4 is 10.6 Å². The van der Waals surface area contributed by atoms with E-state index in [1.165, 1.54) is 24.4 Å². The van der Waals surface area contributed by atoms with Gasteiger partial charge in [-0.2, -0.15) is 0 Å². The van der Waals surface area contributed by atoms with Gasteiger partial charge in [-0.3, -0.25) is 14.7 Å². The van der Waals surface area contributed by atoms with E-state index in [0.29, 0.717) is 10.9 Å². The topological polar surface area (TPSA) is 88.9 Å². The van der Waals surface area contributed by atoms with E-state index in [2.05, 4.69) is 65.9 Å². The number of aromatic nitrogens is 3. The number of hydrogen-bond donors (Lipinski definition) is 2. The van der Waals surface area contributed by atoms with Crippen molar-refractivity contribution in [3.63, 3.8) is 0 Å². The number of para-hydroxylation sites is 1. The van der Waals surface area contributed by atoms with Crippen molar-refractivity contribution in [2.75, 3.05) is 12.8 Å². The molecular formula is C23H27N5O2S. The van der Waals surface area contributed by atoms with Gasteiger partial charge in [-0.1, -0.05) is 75.0 Å². The van der Waals surface area contributed by atoms with Gasteiger partial charge in [0.25, 0.3) is 0 Å². The fourth-order valence-electron chi connectivity index (χ4n) is 2.97. The highest BCUT2D eigenvalue weighted by Crippen LogP contribution is 2.30. The Morgan fingerprint density at radius 1 is 1.00 bits per heavy atom. The minimum atomic E-state index is -0.511. The molecule has 3 amide bonds. The summed E-state index contributed by atoms with van der Waals surface area (Å²) in [6.45, 7) is 6.55. The van der Waals surface area contributed by atoms with Crippen LogP contribution in [0.5, 0.6) is 0 Å². The summed E-state index contributed by atoms with van der Waals surface area (Å²) >= 11 is 1.42. The van der Waals surface area contributed by atoms with Gasteiger partial charge in [0, 0.05) is 30.5 Å². The fourth-order valence-corrected chi connectivity index (χ4v) is 3.86. The lowest BCUT2D eigenvalue weighted by atomic mass is 9.87. The third-order valence-electron chi connectivity index (χ3n) is 4.70. The summed E-state index contributed by atoms with van der Waals surface area (Å²) in [4.78, 5) is 23.1. The first-order valence-electron chi connectivity index (χ1n) is 10.1. The smallest absolute Gasteiger partial charge is 0.321 e. The van der Waals surface area contributed by atoms with E-state index >= 15 is 0 Å². The van der Waals surface area contributed by atoms with Gasteiger partial charge in [0.2, 0.25) is 5.91 Å². The summed E-state index contributed by atoms with van der Waals surface area (Å²) in [7, 11) is 1.47. The van der Waals surface area contributed by atoms with Crippen molar-refractivity contribution >= 4 is 23.7 Å². The molecule has 0 aliphatic carbocycles. The molecule has 31 heavy (non-hydrogen) atoms. The van der Waals surface area contributed by atoms with Gasteiger partial charge >= 0.3 is 6.03 Å². The van der Waals surface area contributed by atoms with Gasteiger partial charge in [-0.05, 0) is 23.1 Å². The summed E-state index contributed by atoms with van der Waals surface area (Å²) in [5, 5.41) is 14.1. The van der Waals surface area contributed by atoms with Crippen LogP contribution in [0.1, 0.15) is 32.8 Å². The second-order valence-corrected chi connectivity index (χ2v) is 9.09. The van der Waals surface area contributed by atoms with Crippen molar-refractivity contribution in [2.24, 2.45) is 0 Å². The maximum atomic E-state index is 11.9. The Balaban J connectivity index is 1.85. The van der Waals surface area contributed by atoms with E-state index in [9.17, 15) is 9.59 Å². The lowest BCUT2D eigenvalue weighted by Gasteiger charge is -2.19. The molecule has 0 radical (unpaired) electrons. The molecule has 0 saturated carbocycles. The lowest BCUT2D eigenvalue weighted by molar-refractivity contribution is -0.119. The van der Waals surface area contributed by atoms with Crippen LogP contribution in [-0.4, -0.2) is 39.5 Å². The molecule has 162 valence electrons. The van der Waals surface area contributed by atoms with E-state index in [1.54, 1.807) is 0 Å². The Labute approximate surface area is 186 Å². The fraction of sp³-hybridized carbons (Fsp3) is 0.304. The highest BCUT2D eigenvalue weighted by molar-refractivity contribution is 7.99. The summed E-state index contributed by atoms with van der Waals surface area (Å²) in [6, 6.07) is 17.7. The number of amides is 3. The average Bonchev–Trinajstić information content (AvgIpc) is 3.17. The zero-order valence-corrected chi connectivity index (χ0v) is 19.0. The van der Waals surface area contributed by atoms with E-state index in [1.807, 2.05) is 34.9 Å². The minimum absolute atomic E-state index is 0.0713. The summed E-state index contributed by atoms with van der Waals surface area (Å²) in [5.41, 5.74) is 3.23. The van der Waals surface area contributed by atoms with Gasteiger partial charge in [-0.15, -0.1) is 10.2 Å². The van der Waals surface area contributed by atoms with E-state index < -0.39 is 6.03 Å². The second-order valence-electron chi connectivity index (χ2n) is 8.03. The quantitative estimate of drug-likeness (QED) is 0.565. The van der Waals surface area contributed by atoms with Crippen LogP contribution in [-0.2, 0) is 10.2 Å². The molecule has 0 fully saturated rings. The number of benzene rings is 2. The van der Waals surface area contributed by atoms with Crippen molar-refractivity contribution in [3.8, 4) is 17.1 Å². The highest BCUT2D eigenvalue weighted by Gasteiger charge is 2.18. The van der Waals surface area contributed by atoms with Gasteiger partial charge < -0.3 is 5.32 Å². The molecule has 2 N–H and O–H groups in total. The molecule has 8 heteroatoms. The molecule has 1 aromatic heterocycles. The van der Waals surface area contributed by atoms with Gasteiger partial charge in [0.15, 0.2) is 11.0 Å². The van der Waals surface area contributed by atoms with Crippen LogP contribution in [0, 0.1) is 0 Å². The van der Waals surface area contributed by atoms with E-state index in [4.69, 9.17) is 0 Å². The number of nitrogens with one attached hydrogen (secondary N) is 2. The van der Waals surface area contributed by atoms with Crippen LogP contribution in [0.3, 0.4) is 0 Å². The third kappa shape index (κ3) is 5.73. The largest absolute Gasteiger partial charge is 0.341 e. The summed E-state index contributed by atoms with van der Waals surface area (Å²) in [5.74, 6) is 0.871. The van der Waals surface area contributed by atoms with E-state index in [-0.39, 0.29) is 17.7 Å². The molecule has 0 aliphatic heterocycles. The standard InChI is InChI=1S/C23H27N5O2S/c1-23(2,3)17-12-10-16(11-13-17)20-26-27-22(28(20)18-8-6-5-7-9-18)31-15-14-19(29)25-21(30)24-4/h5-13H,14-15H2,1-4H3,(H2,24,25,29,30). The molecule has 0 unspecified atom stereocenters. The van der Waals surface area contributed by atoms with Crippen molar-refractivity contribution in [1.82, 2.24) is 25.4 Å². The maximum absolute atomic E-state index is 11.9. The normalized spacial score (nSPS) is 11.2. The Morgan fingerprint density at radius 2 is 1.68 bits per heavy atom. The number of imide groups is 1. The molecule has 0 atom stereocenters. The van der Waals surface area contributed by atoms with Crippen LogP contribution in [0.4, 0.5) is 4.79 Å². The van der Waals surface area contributed by atoms with Crippen LogP contribution in [0.15, 0.2) is 59.8 Å². The first kappa shape index (κ1) is 22.6. The number of urea groups is 1. The number of carbonyl (C=O) groups excluding carboxylic acids is 2. The highest BCUT2D eigenvalue weighted by atomic mass is 32.2. The van der Waals surface area contributed by atoms with Crippen LogP contribution in [0.25, 0.3) is 17.1 Å². The predicted molar refractivity (Wildman–Crippen MR) is 123 cm³/mol. The molecule has 3 rings (SSSR count). The molecule has 1 heterocycles. The van der Waals surface area contributed by atoms with Crippen molar-refractivity contribution in [1.29, 1.82) is 0 Å². The van der Waals surface area contributed by atoms with Gasteiger partial charge in [0.1, 0.15) is 0 Å². The molecule has 3 aromatic rings. The maximum Gasteiger partial charge on any atom is 0.321 e. The van der Waals surface area contributed by atoms with E-state index in [0.717, 1.165) is 17.1 Å². The number of rotatable bonds is 6. The molecule has 2 aromatic carbocycles. The number of nitrogens with zero attached hydrogens (tertiary/aromatic N) is 3. The first-order valence-corrected chi connectivity index (χ1v) is 11.0. The van der Waals surface area contributed by atoms with Crippen LogP contribution in [0.2, 0.25) is 0 Å². The van der Waals surface area contributed by atoms with Gasteiger partial charge in [-0.25, -0.2) is 4.79 Å². The molecule has 0 aliphatic rings. The molecule has 0 bridgehead atoms. The average molecular weight is 438 g/mol. The Morgan fingerprint density at radius 3 is 2.29 bits per heavy atom. The van der Waals surface area contributed by atoms with Crippen molar-refractivity contribution in [2.45, 2.75) is 37.8 Å². The Kier molecular flexibility index (Phi) is 7.12. The van der Waals surface area contributed by atoms with Crippen molar-refractivity contribution in [3.05, 3.63) is 60.2 Å². The summed E-state index contributed by atoms with van der Waals surface area (Å²) < 4.78 is 1.99. The second kappa shape index (κ2) is 9.78. The molecule has 7 nitrogen and oxygen atoms in total. The monoisotopic (exact) mass is 437 g/mol. The number of hydrogen-bond acceptors (Lipinski definition) is 5. The minimum Gasteiger partial charge on any atom is -0.341 e. The first-order chi connectivity index (χ1) is 14.8. The summed E-state index contributed by atoms with van der Waals surface area (Å²) in [6.07, 6.45) is 0.190. The zero-order valence-electron chi connectivity index (χ0n) is 18.2. The molecule has 0 saturated heterocycles. The third-order valence-corrected chi connectivity index (χ3v) is 5.63. The molecule has 0 spiro atoms. The van der Waals surface area contributed by atoms with Crippen LogP contribution >= 0.6 is 11.8 Å². The SMILES string of the molecule is CNC(=O)NC(=O)CCSc1nnc(-c2ccc(C(C)(C)C)cc2)n1-c1ccccc1.